The van der Waals surface area contributed by atoms with E-state index in [0.29, 0.717) is 5.82 Å². The first kappa shape index (κ1) is 29.2. The van der Waals surface area contributed by atoms with Crippen molar-refractivity contribution in [3.63, 3.8) is 0 Å². The van der Waals surface area contributed by atoms with Crippen LogP contribution in [0.2, 0.25) is 0 Å². The second-order valence-electron chi connectivity index (χ2n) is 13.9. The van der Waals surface area contributed by atoms with Crippen LogP contribution in [0.1, 0.15) is 0 Å². The van der Waals surface area contributed by atoms with Gasteiger partial charge in [-0.2, -0.15) is 0 Å². The van der Waals surface area contributed by atoms with Crippen LogP contribution < -0.4 is 0 Å². The average molecular weight is 690 g/mol. The predicted octanol–water partition coefficient (Wildman–Crippen LogP) is 13.3. The van der Waals surface area contributed by atoms with E-state index < -0.39 is 0 Å². The van der Waals surface area contributed by atoms with Crippen LogP contribution in [0.5, 0.6) is 0 Å². The number of pyridine rings is 1. The highest BCUT2D eigenvalue weighted by atomic mass is 16.3. The SMILES string of the molecule is c1cncc(-c2nc(-c3cc4ccccc4c4c3oc3ccc5ccccc5c34)cc(-c3cc4ccccc4c4c3oc3ccc5ccccc5c34)n2)c1. The van der Waals surface area contributed by atoms with E-state index in [9.17, 15) is 0 Å². The van der Waals surface area contributed by atoms with E-state index in [0.717, 1.165) is 104 Å². The van der Waals surface area contributed by atoms with Gasteiger partial charge in [-0.25, -0.2) is 9.97 Å². The third-order valence-electron chi connectivity index (χ3n) is 10.9. The zero-order chi connectivity index (χ0) is 35.3. The lowest BCUT2D eigenvalue weighted by Gasteiger charge is -2.12. The van der Waals surface area contributed by atoms with Crippen molar-refractivity contribution in [2.24, 2.45) is 0 Å². The molecule has 5 heteroatoms. The minimum Gasteiger partial charge on any atom is -0.455 e. The summed E-state index contributed by atoms with van der Waals surface area (Å²) in [4.78, 5) is 15.0. The fourth-order valence-corrected chi connectivity index (χ4v) is 8.50. The van der Waals surface area contributed by atoms with Crippen LogP contribution in [0.25, 0.3) is 121 Å². The van der Waals surface area contributed by atoms with Gasteiger partial charge in [0.25, 0.3) is 0 Å². The molecule has 4 heterocycles. The first-order chi connectivity index (χ1) is 26.8. The van der Waals surface area contributed by atoms with Crippen LogP contribution in [-0.2, 0) is 0 Å². The zero-order valence-corrected chi connectivity index (χ0v) is 28.7. The summed E-state index contributed by atoms with van der Waals surface area (Å²) >= 11 is 0. The molecule has 250 valence electrons. The van der Waals surface area contributed by atoms with E-state index in [2.05, 4.69) is 145 Å². The Hall–Kier alpha value is -7.37. The number of hydrogen-bond donors (Lipinski definition) is 0. The summed E-state index contributed by atoms with van der Waals surface area (Å²) in [7, 11) is 0. The van der Waals surface area contributed by atoms with Gasteiger partial charge in [0, 0.05) is 50.6 Å². The summed E-state index contributed by atoms with van der Waals surface area (Å²) < 4.78 is 13.7. The van der Waals surface area contributed by atoms with E-state index in [1.165, 1.54) is 10.8 Å². The highest BCUT2D eigenvalue weighted by Crippen LogP contribution is 2.46. The van der Waals surface area contributed by atoms with E-state index in [4.69, 9.17) is 18.8 Å². The maximum Gasteiger partial charge on any atom is 0.161 e. The van der Waals surface area contributed by atoms with Gasteiger partial charge in [0.1, 0.15) is 22.3 Å². The molecule has 0 aliphatic carbocycles. The summed E-state index contributed by atoms with van der Waals surface area (Å²) in [5.74, 6) is 0.571. The molecule has 0 radical (unpaired) electrons. The van der Waals surface area contributed by atoms with Crippen LogP contribution >= 0.6 is 0 Å². The second-order valence-corrected chi connectivity index (χ2v) is 13.9. The van der Waals surface area contributed by atoms with Gasteiger partial charge in [-0.3, -0.25) is 4.98 Å². The lowest BCUT2D eigenvalue weighted by molar-refractivity contribution is 0.670. The van der Waals surface area contributed by atoms with Crippen molar-refractivity contribution in [1.29, 1.82) is 0 Å². The molecule has 0 aliphatic rings. The normalized spacial score (nSPS) is 12.1. The van der Waals surface area contributed by atoms with E-state index in [1.54, 1.807) is 6.20 Å². The first-order valence-corrected chi connectivity index (χ1v) is 18.1. The van der Waals surface area contributed by atoms with Crippen LogP contribution in [-0.4, -0.2) is 15.0 Å². The summed E-state index contributed by atoms with van der Waals surface area (Å²) in [6.07, 6.45) is 3.58. The molecular formula is C49H27N3O2. The molecule has 0 amide bonds. The topological polar surface area (TPSA) is 65.0 Å². The predicted molar refractivity (Wildman–Crippen MR) is 221 cm³/mol. The Morgan fingerprint density at radius 1 is 0.389 bits per heavy atom. The highest BCUT2D eigenvalue weighted by Gasteiger charge is 2.23. The lowest BCUT2D eigenvalue weighted by Crippen LogP contribution is -1.97. The summed E-state index contributed by atoms with van der Waals surface area (Å²) in [5, 5.41) is 13.5. The molecule has 12 aromatic rings. The van der Waals surface area contributed by atoms with Gasteiger partial charge in [0.05, 0.1) is 11.4 Å². The Morgan fingerprint density at radius 3 is 1.33 bits per heavy atom. The fourth-order valence-electron chi connectivity index (χ4n) is 8.50. The molecule has 0 unspecified atom stereocenters. The monoisotopic (exact) mass is 689 g/mol. The Morgan fingerprint density at radius 2 is 0.852 bits per heavy atom. The van der Waals surface area contributed by atoms with Crippen molar-refractivity contribution in [3.05, 3.63) is 164 Å². The molecule has 0 atom stereocenters. The van der Waals surface area contributed by atoms with Crippen molar-refractivity contribution in [3.8, 4) is 33.9 Å². The Balaban J connectivity index is 1.22. The van der Waals surface area contributed by atoms with Gasteiger partial charge >= 0.3 is 0 Å². The van der Waals surface area contributed by atoms with Gasteiger partial charge in [0.2, 0.25) is 0 Å². The fraction of sp³-hybridized carbons (Fsp3) is 0. The molecular weight excluding hydrogens is 663 g/mol. The molecule has 0 spiro atoms. The van der Waals surface area contributed by atoms with E-state index >= 15 is 0 Å². The molecule has 54 heavy (non-hydrogen) atoms. The number of benzene rings is 8. The molecule has 12 rings (SSSR count). The number of furan rings is 2. The Labute approximate surface area is 307 Å². The van der Waals surface area contributed by atoms with Crippen molar-refractivity contribution in [2.45, 2.75) is 0 Å². The number of aromatic nitrogens is 3. The van der Waals surface area contributed by atoms with Gasteiger partial charge in [0.15, 0.2) is 5.82 Å². The van der Waals surface area contributed by atoms with Crippen LogP contribution in [0.15, 0.2) is 173 Å². The third kappa shape index (κ3) is 4.18. The number of fused-ring (bicyclic) bond motifs is 14. The maximum atomic E-state index is 6.86. The number of rotatable bonds is 3. The number of nitrogens with zero attached hydrogens (tertiary/aromatic N) is 3. The van der Waals surface area contributed by atoms with Crippen LogP contribution in [0, 0.1) is 0 Å². The van der Waals surface area contributed by atoms with E-state index in [1.807, 2.05) is 18.3 Å². The van der Waals surface area contributed by atoms with E-state index in [-0.39, 0.29) is 0 Å². The van der Waals surface area contributed by atoms with Crippen molar-refractivity contribution in [1.82, 2.24) is 15.0 Å². The summed E-state index contributed by atoms with van der Waals surface area (Å²) in [5.41, 5.74) is 7.38. The first-order valence-electron chi connectivity index (χ1n) is 18.1. The second kappa shape index (κ2) is 11.1. The average Bonchev–Trinajstić information content (AvgIpc) is 3.84. The Kier molecular flexibility index (Phi) is 5.99. The molecule has 0 N–H and O–H groups in total. The molecule has 4 aromatic heterocycles. The molecule has 5 nitrogen and oxygen atoms in total. The van der Waals surface area contributed by atoms with Crippen LogP contribution in [0.3, 0.4) is 0 Å². The third-order valence-corrected chi connectivity index (χ3v) is 10.9. The molecule has 0 saturated carbocycles. The van der Waals surface area contributed by atoms with Gasteiger partial charge < -0.3 is 8.83 Å². The Bertz CT molecular complexity index is 3300. The van der Waals surface area contributed by atoms with Crippen molar-refractivity contribution in [2.75, 3.05) is 0 Å². The lowest BCUT2D eigenvalue weighted by atomic mass is 9.95. The number of hydrogen-bond acceptors (Lipinski definition) is 5. The minimum atomic E-state index is 0.571. The molecule has 0 fully saturated rings. The highest BCUT2D eigenvalue weighted by molar-refractivity contribution is 6.30. The zero-order valence-electron chi connectivity index (χ0n) is 28.7. The largest absolute Gasteiger partial charge is 0.455 e. The molecule has 0 saturated heterocycles. The van der Waals surface area contributed by atoms with Crippen LogP contribution in [0.4, 0.5) is 0 Å². The van der Waals surface area contributed by atoms with Gasteiger partial charge in [-0.15, -0.1) is 0 Å². The standard InChI is InChI=1S/C49H27N3O2/c1-5-15-33-28(10-1)19-21-41-43(33)45-35-17-7-3-12-30(35)24-37(47(45)53-41)39-26-40(52-49(51-39)32-14-9-23-50-27-32)38-25-31-13-4-8-18-36(31)46-44-34-16-6-2-11-29(34)20-22-42(44)54-48(38)46/h1-27H. The molecule has 0 bridgehead atoms. The van der Waals surface area contributed by atoms with Gasteiger partial charge in [-0.05, 0) is 85.6 Å². The molecule has 0 aliphatic heterocycles. The van der Waals surface area contributed by atoms with Crippen molar-refractivity contribution >= 4 is 87.0 Å². The summed E-state index contributed by atoms with van der Waals surface area (Å²) in [6.45, 7) is 0. The summed E-state index contributed by atoms with van der Waals surface area (Å²) in [6, 6.07) is 52.9. The quantitative estimate of drug-likeness (QED) is 0.185. The van der Waals surface area contributed by atoms with Crippen molar-refractivity contribution < 1.29 is 8.83 Å². The molecule has 8 aromatic carbocycles. The van der Waals surface area contributed by atoms with Gasteiger partial charge in [-0.1, -0.05) is 109 Å². The minimum absolute atomic E-state index is 0.571. The maximum absolute atomic E-state index is 6.86. The smallest absolute Gasteiger partial charge is 0.161 e.